The van der Waals surface area contributed by atoms with Crippen LogP contribution in [0.15, 0.2) is 23.6 Å². The highest BCUT2D eigenvalue weighted by Crippen LogP contribution is 2.33. The molecular formula is C16H22N2O3S. The van der Waals surface area contributed by atoms with Crippen molar-refractivity contribution in [2.45, 2.75) is 13.3 Å². The van der Waals surface area contributed by atoms with Gasteiger partial charge in [0, 0.05) is 30.7 Å². The Morgan fingerprint density at radius 1 is 1.18 bits per heavy atom. The molecule has 1 heterocycles. The van der Waals surface area contributed by atoms with Crippen molar-refractivity contribution in [2.75, 3.05) is 39.3 Å². The highest BCUT2D eigenvalue weighted by atomic mass is 32.1. The van der Waals surface area contributed by atoms with Gasteiger partial charge in [-0.25, -0.2) is 4.98 Å². The molecule has 1 aromatic carbocycles. The van der Waals surface area contributed by atoms with E-state index in [0.717, 1.165) is 48.3 Å². The lowest BCUT2D eigenvalue weighted by molar-refractivity contribution is 0.147. The smallest absolute Gasteiger partial charge is 0.183 e. The molecule has 6 heteroatoms. The molecule has 0 spiro atoms. The Kier molecular flexibility index (Phi) is 6.48. The second-order valence-electron chi connectivity index (χ2n) is 4.58. The first-order valence-electron chi connectivity index (χ1n) is 7.28. The lowest BCUT2D eigenvalue weighted by Gasteiger charge is -2.08. The van der Waals surface area contributed by atoms with Crippen LogP contribution in [-0.2, 0) is 4.74 Å². The van der Waals surface area contributed by atoms with E-state index in [1.54, 1.807) is 25.6 Å². The van der Waals surface area contributed by atoms with Crippen molar-refractivity contribution in [3.8, 4) is 22.8 Å². The average molecular weight is 322 g/mol. The van der Waals surface area contributed by atoms with E-state index in [1.807, 2.05) is 30.5 Å². The molecule has 0 bridgehead atoms. The standard InChI is InChI=1S/C16H22N2O3S/c1-4-21-9-5-8-17-16-18-13(11-22-16)12-6-7-14(19-2)15(10-12)20-3/h6-7,10-11H,4-5,8-9H2,1-3H3,(H,17,18). The molecule has 2 aromatic rings. The maximum absolute atomic E-state index is 5.33. The number of ether oxygens (including phenoxy) is 3. The van der Waals surface area contributed by atoms with Crippen LogP contribution < -0.4 is 14.8 Å². The van der Waals surface area contributed by atoms with Crippen LogP contribution in [0.4, 0.5) is 5.13 Å². The number of aromatic nitrogens is 1. The third kappa shape index (κ3) is 4.35. The SMILES string of the molecule is CCOCCCNc1nc(-c2ccc(OC)c(OC)c2)cs1. The fraction of sp³-hybridized carbons (Fsp3) is 0.438. The average Bonchev–Trinajstić information content (AvgIpc) is 3.03. The van der Waals surface area contributed by atoms with Gasteiger partial charge in [0.2, 0.25) is 0 Å². The van der Waals surface area contributed by atoms with Gasteiger partial charge in [0.05, 0.1) is 19.9 Å². The van der Waals surface area contributed by atoms with Gasteiger partial charge in [-0.05, 0) is 31.5 Å². The Morgan fingerprint density at radius 3 is 2.73 bits per heavy atom. The number of anilines is 1. The highest BCUT2D eigenvalue weighted by Gasteiger charge is 2.09. The van der Waals surface area contributed by atoms with E-state index in [2.05, 4.69) is 10.3 Å². The van der Waals surface area contributed by atoms with Gasteiger partial charge in [-0.15, -0.1) is 11.3 Å². The van der Waals surface area contributed by atoms with E-state index in [-0.39, 0.29) is 0 Å². The number of nitrogens with zero attached hydrogens (tertiary/aromatic N) is 1. The van der Waals surface area contributed by atoms with Gasteiger partial charge >= 0.3 is 0 Å². The molecule has 5 nitrogen and oxygen atoms in total. The van der Waals surface area contributed by atoms with Gasteiger partial charge < -0.3 is 19.5 Å². The summed E-state index contributed by atoms with van der Waals surface area (Å²) in [4.78, 5) is 4.60. The lowest BCUT2D eigenvalue weighted by atomic mass is 10.1. The quantitative estimate of drug-likeness (QED) is 0.714. The van der Waals surface area contributed by atoms with Crippen LogP contribution in [0.3, 0.4) is 0 Å². The summed E-state index contributed by atoms with van der Waals surface area (Å²) >= 11 is 1.60. The number of methoxy groups -OCH3 is 2. The number of rotatable bonds is 9. The summed E-state index contributed by atoms with van der Waals surface area (Å²) in [6.07, 6.45) is 0.971. The first-order valence-corrected chi connectivity index (χ1v) is 8.16. The molecule has 1 aromatic heterocycles. The Morgan fingerprint density at radius 2 is 2.00 bits per heavy atom. The number of nitrogens with one attached hydrogen (secondary N) is 1. The largest absolute Gasteiger partial charge is 0.493 e. The number of hydrogen-bond donors (Lipinski definition) is 1. The summed E-state index contributed by atoms with van der Waals surface area (Å²) in [5, 5.41) is 6.27. The van der Waals surface area contributed by atoms with E-state index in [4.69, 9.17) is 14.2 Å². The van der Waals surface area contributed by atoms with Crippen molar-refractivity contribution in [1.82, 2.24) is 4.98 Å². The summed E-state index contributed by atoms with van der Waals surface area (Å²) in [7, 11) is 3.26. The molecule has 0 amide bonds. The third-order valence-electron chi connectivity index (χ3n) is 3.13. The summed E-state index contributed by atoms with van der Waals surface area (Å²) in [5.41, 5.74) is 1.94. The van der Waals surface area contributed by atoms with Crippen molar-refractivity contribution in [1.29, 1.82) is 0 Å². The molecule has 0 saturated heterocycles. The minimum Gasteiger partial charge on any atom is -0.493 e. The normalized spacial score (nSPS) is 10.5. The summed E-state index contributed by atoms with van der Waals surface area (Å²) in [6.45, 7) is 4.40. The van der Waals surface area contributed by atoms with Crippen molar-refractivity contribution in [3.63, 3.8) is 0 Å². The molecule has 0 aliphatic heterocycles. The molecule has 0 aliphatic rings. The zero-order chi connectivity index (χ0) is 15.8. The van der Waals surface area contributed by atoms with Crippen LogP contribution in [-0.4, -0.2) is 39.0 Å². The fourth-order valence-corrected chi connectivity index (χ4v) is 2.75. The van der Waals surface area contributed by atoms with Crippen molar-refractivity contribution < 1.29 is 14.2 Å². The number of thiazole rings is 1. The van der Waals surface area contributed by atoms with Gasteiger partial charge in [-0.1, -0.05) is 0 Å². The maximum Gasteiger partial charge on any atom is 0.183 e. The van der Waals surface area contributed by atoms with Crippen LogP contribution >= 0.6 is 11.3 Å². The van der Waals surface area contributed by atoms with Crippen LogP contribution in [0.2, 0.25) is 0 Å². The summed E-state index contributed by atoms with van der Waals surface area (Å²) in [5.74, 6) is 1.43. The van der Waals surface area contributed by atoms with E-state index in [1.165, 1.54) is 0 Å². The number of benzene rings is 1. The topological polar surface area (TPSA) is 52.6 Å². The molecule has 0 saturated carbocycles. The number of hydrogen-bond acceptors (Lipinski definition) is 6. The van der Waals surface area contributed by atoms with Crippen LogP contribution in [0, 0.1) is 0 Å². The predicted molar refractivity (Wildman–Crippen MR) is 90.3 cm³/mol. The molecule has 22 heavy (non-hydrogen) atoms. The minimum atomic E-state index is 0.708. The second kappa shape index (κ2) is 8.60. The van der Waals surface area contributed by atoms with Crippen molar-refractivity contribution >= 4 is 16.5 Å². The molecule has 0 atom stereocenters. The second-order valence-corrected chi connectivity index (χ2v) is 5.44. The van der Waals surface area contributed by atoms with Crippen LogP contribution in [0.5, 0.6) is 11.5 Å². The molecule has 120 valence electrons. The fourth-order valence-electron chi connectivity index (χ4n) is 2.00. The maximum atomic E-state index is 5.33. The molecule has 2 rings (SSSR count). The predicted octanol–water partition coefficient (Wildman–Crippen LogP) is 3.67. The van der Waals surface area contributed by atoms with Gasteiger partial charge in [0.15, 0.2) is 16.6 Å². The zero-order valence-electron chi connectivity index (χ0n) is 13.2. The first kappa shape index (κ1) is 16.6. The lowest BCUT2D eigenvalue weighted by Crippen LogP contribution is -2.05. The van der Waals surface area contributed by atoms with E-state index < -0.39 is 0 Å². The minimum absolute atomic E-state index is 0.708. The van der Waals surface area contributed by atoms with E-state index in [9.17, 15) is 0 Å². The Bertz CT molecular complexity index is 587. The van der Waals surface area contributed by atoms with Crippen molar-refractivity contribution in [2.24, 2.45) is 0 Å². The zero-order valence-corrected chi connectivity index (χ0v) is 14.0. The highest BCUT2D eigenvalue weighted by molar-refractivity contribution is 7.14. The summed E-state index contributed by atoms with van der Waals surface area (Å²) in [6, 6.07) is 5.81. The Labute approximate surface area is 135 Å². The molecule has 0 fully saturated rings. The Hall–Kier alpha value is -1.79. The van der Waals surface area contributed by atoms with Gasteiger partial charge in [-0.3, -0.25) is 0 Å². The van der Waals surface area contributed by atoms with Crippen molar-refractivity contribution in [3.05, 3.63) is 23.6 Å². The van der Waals surface area contributed by atoms with E-state index >= 15 is 0 Å². The van der Waals surface area contributed by atoms with E-state index in [0.29, 0.717) is 5.75 Å². The molecule has 0 unspecified atom stereocenters. The first-order chi connectivity index (χ1) is 10.8. The Balaban J connectivity index is 1.99. The monoisotopic (exact) mass is 322 g/mol. The molecule has 1 N–H and O–H groups in total. The van der Waals surface area contributed by atoms with Gasteiger partial charge in [0.25, 0.3) is 0 Å². The third-order valence-corrected chi connectivity index (χ3v) is 3.93. The van der Waals surface area contributed by atoms with Crippen LogP contribution in [0.25, 0.3) is 11.3 Å². The summed E-state index contributed by atoms with van der Waals surface area (Å²) < 4.78 is 15.9. The van der Waals surface area contributed by atoms with Crippen LogP contribution in [0.1, 0.15) is 13.3 Å². The van der Waals surface area contributed by atoms with Gasteiger partial charge in [-0.2, -0.15) is 0 Å². The molecule has 0 aliphatic carbocycles. The molecular weight excluding hydrogens is 300 g/mol. The van der Waals surface area contributed by atoms with Gasteiger partial charge in [0.1, 0.15) is 0 Å². The molecule has 0 radical (unpaired) electrons.